The molecule has 0 bridgehead atoms. The Morgan fingerprint density at radius 2 is 2.22 bits per heavy atom. The number of rotatable bonds is 4. The first kappa shape index (κ1) is 15.5. The molecule has 0 aromatic carbocycles. The van der Waals surface area contributed by atoms with Crippen molar-refractivity contribution in [3.8, 4) is 0 Å². The highest BCUT2D eigenvalue weighted by Crippen LogP contribution is 2.19. The molecule has 1 atom stereocenters. The highest BCUT2D eigenvalue weighted by molar-refractivity contribution is 5.85. The lowest BCUT2D eigenvalue weighted by Crippen LogP contribution is -2.43. The summed E-state index contributed by atoms with van der Waals surface area (Å²) in [5.74, 6) is 0. The van der Waals surface area contributed by atoms with Crippen LogP contribution in [0.2, 0.25) is 0 Å². The van der Waals surface area contributed by atoms with E-state index in [2.05, 4.69) is 30.0 Å². The number of hydrogen-bond acceptors (Lipinski definition) is 3. The van der Waals surface area contributed by atoms with Crippen LogP contribution in [-0.4, -0.2) is 33.8 Å². The van der Waals surface area contributed by atoms with Gasteiger partial charge in [0.1, 0.15) is 0 Å². The third-order valence-electron chi connectivity index (χ3n) is 3.59. The van der Waals surface area contributed by atoms with Gasteiger partial charge in [-0.05, 0) is 33.2 Å². The molecule has 0 saturated carbocycles. The first-order valence-corrected chi connectivity index (χ1v) is 6.68. The molecule has 18 heavy (non-hydrogen) atoms. The Morgan fingerprint density at radius 3 is 2.83 bits per heavy atom. The van der Waals surface area contributed by atoms with Crippen molar-refractivity contribution < 1.29 is 0 Å². The first-order chi connectivity index (χ1) is 8.20. The first-order valence-electron chi connectivity index (χ1n) is 6.68. The van der Waals surface area contributed by atoms with E-state index in [9.17, 15) is 0 Å². The van der Waals surface area contributed by atoms with E-state index in [4.69, 9.17) is 5.73 Å². The van der Waals surface area contributed by atoms with Crippen LogP contribution in [0.3, 0.4) is 0 Å². The highest BCUT2D eigenvalue weighted by Gasteiger charge is 2.21. The second kappa shape index (κ2) is 7.12. The van der Waals surface area contributed by atoms with Gasteiger partial charge in [0, 0.05) is 36.9 Å². The number of nitrogens with zero attached hydrogens (tertiary/aromatic N) is 3. The molecule has 0 amide bonds. The van der Waals surface area contributed by atoms with Crippen molar-refractivity contribution in [1.29, 1.82) is 0 Å². The zero-order chi connectivity index (χ0) is 12.3. The van der Waals surface area contributed by atoms with Gasteiger partial charge in [0.25, 0.3) is 0 Å². The molecular weight excluding hydrogens is 248 g/mol. The number of likely N-dealkylation sites (tertiary alicyclic amines) is 1. The smallest absolute Gasteiger partial charge is 0.0534 e. The molecule has 1 fully saturated rings. The van der Waals surface area contributed by atoms with Crippen molar-refractivity contribution in [3.63, 3.8) is 0 Å². The minimum atomic E-state index is 0. The molecule has 0 spiro atoms. The van der Waals surface area contributed by atoms with Crippen LogP contribution in [0.5, 0.6) is 0 Å². The molecule has 1 aliphatic rings. The summed E-state index contributed by atoms with van der Waals surface area (Å²) in [4.78, 5) is 2.51. The summed E-state index contributed by atoms with van der Waals surface area (Å²) >= 11 is 0. The maximum atomic E-state index is 5.84. The van der Waals surface area contributed by atoms with Gasteiger partial charge in [0.15, 0.2) is 0 Å². The lowest BCUT2D eigenvalue weighted by molar-refractivity contribution is 0.145. The molecule has 0 aliphatic carbocycles. The van der Waals surface area contributed by atoms with E-state index in [0.29, 0.717) is 12.1 Å². The van der Waals surface area contributed by atoms with Crippen molar-refractivity contribution in [3.05, 3.63) is 18.0 Å². The van der Waals surface area contributed by atoms with Crippen LogP contribution < -0.4 is 5.73 Å². The van der Waals surface area contributed by atoms with E-state index < -0.39 is 0 Å². The van der Waals surface area contributed by atoms with Gasteiger partial charge >= 0.3 is 0 Å². The SMILES string of the molecule is CC(C)n1cc(CN2CCCCC2CN)cn1.Cl. The fourth-order valence-electron chi connectivity index (χ4n) is 2.51. The minimum Gasteiger partial charge on any atom is -0.329 e. The number of halogens is 1. The highest BCUT2D eigenvalue weighted by atomic mass is 35.5. The van der Waals surface area contributed by atoms with E-state index in [1.165, 1.54) is 31.4 Å². The predicted octanol–water partition coefficient (Wildman–Crippen LogP) is 2.20. The normalized spacial score (nSPS) is 21.0. The monoisotopic (exact) mass is 272 g/mol. The zero-order valence-corrected chi connectivity index (χ0v) is 12.2. The summed E-state index contributed by atoms with van der Waals surface area (Å²) in [7, 11) is 0. The van der Waals surface area contributed by atoms with Crippen molar-refractivity contribution in [2.24, 2.45) is 5.73 Å². The maximum Gasteiger partial charge on any atom is 0.0534 e. The fourth-order valence-corrected chi connectivity index (χ4v) is 2.51. The van der Waals surface area contributed by atoms with Crippen molar-refractivity contribution >= 4 is 12.4 Å². The molecule has 2 heterocycles. The Hall–Kier alpha value is -0.580. The maximum absolute atomic E-state index is 5.84. The summed E-state index contributed by atoms with van der Waals surface area (Å²) in [5, 5.41) is 4.39. The molecule has 1 aliphatic heterocycles. The molecule has 1 saturated heterocycles. The van der Waals surface area contributed by atoms with Crippen LogP contribution in [0.15, 0.2) is 12.4 Å². The fraction of sp³-hybridized carbons (Fsp3) is 0.769. The van der Waals surface area contributed by atoms with Gasteiger partial charge in [-0.2, -0.15) is 5.10 Å². The Kier molecular flexibility index (Phi) is 6.12. The van der Waals surface area contributed by atoms with E-state index in [0.717, 1.165) is 13.1 Å². The molecule has 2 N–H and O–H groups in total. The van der Waals surface area contributed by atoms with Gasteiger partial charge in [0.05, 0.1) is 6.20 Å². The Bertz CT molecular complexity index is 351. The molecular formula is C13H25ClN4. The zero-order valence-electron chi connectivity index (χ0n) is 11.4. The van der Waals surface area contributed by atoms with Gasteiger partial charge in [-0.1, -0.05) is 6.42 Å². The number of aromatic nitrogens is 2. The molecule has 4 nitrogen and oxygen atoms in total. The Labute approximate surface area is 116 Å². The molecule has 1 aromatic rings. The summed E-state index contributed by atoms with van der Waals surface area (Å²) in [5.41, 5.74) is 7.14. The van der Waals surface area contributed by atoms with Gasteiger partial charge in [-0.3, -0.25) is 9.58 Å². The van der Waals surface area contributed by atoms with Gasteiger partial charge in [-0.25, -0.2) is 0 Å². The van der Waals surface area contributed by atoms with Crippen LogP contribution in [0, 0.1) is 0 Å². The summed E-state index contributed by atoms with van der Waals surface area (Å²) in [6.07, 6.45) is 8.02. The minimum absolute atomic E-state index is 0. The number of nitrogens with two attached hydrogens (primary N) is 1. The molecule has 0 radical (unpaired) electrons. The topological polar surface area (TPSA) is 47.1 Å². The molecule has 5 heteroatoms. The average molecular weight is 273 g/mol. The summed E-state index contributed by atoms with van der Waals surface area (Å²) in [6.45, 7) is 7.25. The lowest BCUT2D eigenvalue weighted by atomic mass is 10.0. The van der Waals surface area contributed by atoms with Crippen LogP contribution in [0.4, 0.5) is 0 Å². The van der Waals surface area contributed by atoms with E-state index in [1.54, 1.807) is 0 Å². The van der Waals surface area contributed by atoms with E-state index >= 15 is 0 Å². The van der Waals surface area contributed by atoms with Crippen LogP contribution >= 0.6 is 12.4 Å². The van der Waals surface area contributed by atoms with Crippen molar-refractivity contribution in [2.75, 3.05) is 13.1 Å². The lowest BCUT2D eigenvalue weighted by Gasteiger charge is -2.34. The largest absolute Gasteiger partial charge is 0.329 e. The van der Waals surface area contributed by atoms with Gasteiger partial charge < -0.3 is 5.73 Å². The Balaban J connectivity index is 0.00000162. The second-order valence-electron chi connectivity index (χ2n) is 5.28. The molecule has 2 rings (SSSR count). The second-order valence-corrected chi connectivity index (χ2v) is 5.28. The van der Waals surface area contributed by atoms with Crippen molar-refractivity contribution in [2.45, 2.75) is 51.7 Å². The number of piperidine rings is 1. The predicted molar refractivity (Wildman–Crippen MR) is 77.0 cm³/mol. The summed E-state index contributed by atoms with van der Waals surface area (Å²) < 4.78 is 2.02. The standard InChI is InChI=1S/C13H24N4.ClH/c1-11(2)17-10-12(8-15-17)9-16-6-4-3-5-13(16)7-14;/h8,10-11,13H,3-7,9,14H2,1-2H3;1H. The number of hydrogen-bond donors (Lipinski definition) is 1. The van der Waals surface area contributed by atoms with Crippen LogP contribution in [-0.2, 0) is 6.54 Å². The molecule has 1 aromatic heterocycles. The van der Waals surface area contributed by atoms with Gasteiger partial charge in [0.2, 0.25) is 0 Å². The molecule has 104 valence electrons. The van der Waals surface area contributed by atoms with E-state index in [-0.39, 0.29) is 12.4 Å². The average Bonchev–Trinajstić information content (AvgIpc) is 2.78. The quantitative estimate of drug-likeness (QED) is 0.914. The third-order valence-corrected chi connectivity index (χ3v) is 3.59. The summed E-state index contributed by atoms with van der Waals surface area (Å²) in [6, 6.07) is 1.00. The Morgan fingerprint density at radius 1 is 1.44 bits per heavy atom. The molecule has 1 unspecified atom stereocenters. The van der Waals surface area contributed by atoms with Gasteiger partial charge in [-0.15, -0.1) is 12.4 Å². The third kappa shape index (κ3) is 3.70. The van der Waals surface area contributed by atoms with Crippen LogP contribution in [0.1, 0.15) is 44.7 Å². The van der Waals surface area contributed by atoms with Crippen LogP contribution in [0.25, 0.3) is 0 Å². The van der Waals surface area contributed by atoms with E-state index in [1.807, 2.05) is 10.9 Å². The van der Waals surface area contributed by atoms with Crippen molar-refractivity contribution in [1.82, 2.24) is 14.7 Å².